The minimum absolute atomic E-state index is 0.344. The van der Waals surface area contributed by atoms with Gasteiger partial charge in [0.15, 0.2) is 5.82 Å². The number of nitrogens with zero attached hydrogens (tertiary/aromatic N) is 1. The lowest BCUT2D eigenvalue weighted by Crippen LogP contribution is -2.04. The summed E-state index contributed by atoms with van der Waals surface area (Å²) in [5.74, 6) is 0.902. The average molecular weight is 195 g/mol. The summed E-state index contributed by atoms with van der Waals surface area (Å²) in [6.07, 6.45) is 2.12. The van der Waals surface area contributed by atoms with E-state index in [4.69, 9.17) is 16.2 Å². The molecule has 0 aromatic carbocycles. The van der Waals surface area contributed by atoms with Crippen molar-refractivity contribution in [1.82, 2.24) is 4.98 Å². The lowest BCUT2D eigenvalue weighted by atomic mass is 10.2. The number of nitrogen functional groups attached to an aromatic ring is 2. The van der Waals surface area contributed by atoms with Crippen molar-refractivity contribution < 1.29 is 4.74 Å². The summed E-state index contributed by atoms with van der Waals surface area (Å²) in [6, 6.07) is 1.81. The Kier molecular flexibility index (Phi) is 3.56. The van der Waals surface area contributed by atoms with Gasteiger partial charge < -0.3 is 16.2 Å². The van der Waals surface area contributed by atoms with Crippen LogP contribution < -0.4 is 16.2 Å². The van der Waals surface area contributed by atoms with Crippen molar-refractivity contribution in [2.24, 2.45) is 0 Å². The van der Waals surface area contributed by atoms with Crippen LogP contribution in [0.25, 0.3) is 0 Å². The van der Waals surface area contributed by atoms with Gasteiger partial charge in [0.2, 0.25) is 5.88 Å². The first kappa shape index (κ1) is 10.6. The largest absolute Gasteiger partial charge is 0.478 e. The minimum atomic E-state index is 0.344. The van der Waals surface area contributed by atoms with Crippen molar-refractivity contribution in [2.45, 2.75) is 26.7 Å². The van der Waals surface area contributed by atoms with Crippen LogP contribution in [0, 0.1) is 6.92 Å². The number of aryl methyl sites for hydroxylation is 1. The first-order chi connectivity index (χ1) is 6.65. The van der Waals surface area contributed by atoms with E-state index in [-0.39, 0.29) is 0 Å². The SMILES string of the molecule is CCCCOc1cc(C)c(N)c(N)n1. The highest BCUT2D eigenvalue weighted by atomic mass is 16.5. The molecule has 0 saturated carbocycles. The Bertz CT molecular complexity index is 289. The molecule has 14 heavy (non-hydrogen) atoms. The van der Waals surface area contributed by atoms with Crippen LogP contribution in [0.2, 0.25) is 0 Å². The highest BCUT2D eigenvalue weighted by Crippen LogP contribution is 2.21. The zero-order chi connectivity index (χ0) is 10.6. The molecule has 0 fully saturated rings. The van der Waals surface area contributed by atoms with Gasteiger partial charge >= 0.3 is 0 Å². The van der Waals surface area contributed by atoms with Gasteiger partial charge in [-0.25, -0.2) is 0 Å². The molecule has 1 heterocycles. The summed E-state index contributed by atoms with van der Waals surface area (Å²) in [5, 5.41) is 0. The van der Waals surface area contributed by atoms with Crippen LogP contribution >= 0.6 is 0 Å². The molecule has 0 atom stereocenters. The summed E-state index contributed by atoms with van der Waals surface area (Å²) in [7, 11) is 0. The Labute approximate surface area is 84.3 Å². The number of hydrogen-bond acceptors (Lipinski definition) is 4. The van der Waals surface area contributed by atoms with E-state index in [1.165, 1.54) is 0 Å². The Balaban J connectivity index is 2.69. The third-order valence-corrected chi connectivity index (χ3v) is 2.02. The molecule has 0 radical (unpaired) electrons. The van der Waals surface area contributed by atoms with Crippen LogP contribution in [0.5, 0.6) is 5.88 Å². The molecular weight excluding hydrogens is 178 g/mol. The molecule has 0 aliphatic rings. The molecule has 0 bridgehead atoms. The first-order valence-corrected chi connectivity index (χ1v) is 4.80. The molecular formula is C10H17N3O. The van der Waals surface area contributed by atoms with Crippen LogP contribution in [-0.4, -0.2) is 11.6 Å². The van der Waals surface area contributed by atoms with Crippen molar-refractivity contribution in [1.29, 1.82) is 0 Å². The van der Waals surface area contributed by atoms with Gasteiger partial charge in [-0.15, -0.1) is 0 Å². The second-order valence-electron chi connectivity index (χ2n) is 3.28. The standard InChI is InChI=1S/C10H17N3O/c1-3-4-5-14-8-6-7(2)9(11)10(12)13-8/h6H,3-5,11H2,1-2H3,(H2,12,13). The third-order valence-electron chi connectivity index (χ3n) is 2.02. The molecule has 0 spiro atoms. The van der Waals surface area contributed by atoms with E-state index in [0.29, 0.717) is 24.0 Å². The maximum Gasteiger partial charge on any atom is 0.215 e. The van der Waals surface area contributed by atoms with Gasteiger partial charge in [-0.2, -0.15) is 4.98 Å². The lowest BCUT2D eigenvalue weighted by molar-refractivity contribution is 0.298. The number of anilines is 2. The van der Waals surface area contributed by atoms with Gasteiger partial charge in [0, 0.05) is 6.07 Å². The predicted octanol–water partition coefficient (Wildman–Crippen LogP) is 1.73. The van der Waals surface area contributed by atoms with E-state index in [1.807, 2.05) is 6.92 Å². The van der Waals surface area contributed by atoms with Crippen LogP contribution in [-0.2, 0) is 0 Å². The van der Waals surface area contributed by atoms with Crippen molar-refractivity contribution in [3.05, 3.63) is 11.6 Å². The molecule has 1 rings (SSSR count). The maximum absolute atomic E-state index is 5.66. The summed E-state index contributed by atoms with van der Waals surface area (Å²) < 4.78 is 5.42. The van der Waals surface area contributed by atoms with Gasteiger partial charge in [0.05, 0.1) is 12.3 Å². The molecule has 0 unspecified atom stereocenters. The van der Waals surface area contributed by atoms with Crippen molar-refractivity contribution in [3.8, 4) is 5.88 Å². The molecule has 0 aliphatic carbocycles. The van der Waals surface area contributed by atoms with Crippen molar-refractivity contribution in [3.63, 3.8) is 0 Å². The second kappa shape index (κ2) is 4.69. The Hall–Kier alpha value is -1.45. The maximum atomic E-state index is 5.66. The summed E-state index contributed by atoms with van der Waals surface area (Å²) in [5.41, 5.74) is 12.7. The number of ether oxygens (including phenoxy) is 1. The number of rotatable bonds is 4. The van der Waals surface area contributed by atoms with Crippen LogP contribution in [0.3, 0.4) is 0 Å². The van der Waals surface area contributed by atoms with E-state index < -0.39 is 0 Å². The van der Waals surface area contributed by atoms with Gasteiger partial charge in [-0.3, -0.25) is 0 Å². The van der Waals surface area contributed by atoms with Crippen molar-refractivity contribution >= 4 is 11.5 Å². The van der Waals surface area contributed by atoms with Crippen molar-refractivity contribution in [2.75, 3.05) is 18.1 Å². The van der Waals surface area contributed by atoms with E-state index >= 15 is 0 Å². The fourth-order valence-electron chi connectivity index (χ4n) is 1.07. The van der Waals surface area contributed by atoms with E-state index in [2.05, 4.69) is 11.9 Å². The molecule has 78 valence electrons. The quantitative estimate of drug-likeness (QED) is 0.717. The number of aromatic nitrogens is 1. The fourth-order valence-corrected chi connectivity index (χ4v) is 1.07. The minimum Gasteiger partial charge on any atom is -0.478 e. The van der Waals surface area contributed by atoms with Crippen LogP contribution in [0.15, 0.2) is 6.07 Å². The molecule has 4 nitrogen and oxygen atoms in total. The fraction of sp³-hybridized carbons (Fsp3) is 0.500. The molecule has 1 aromatic rings. The summed E-state index contributed by atoms with van der Waals surface area (Å²) in [6.45, 7) is 4.67. The summed E-state index contributed by atoms with van der Waals surface area (Å²) >= 11 is 0. The zero-order valence-electron chi connectivity index (χ0n) is 8.71. The zero-order valence-corrected chi connectivity index (χ0v) is 8.71. The highest BCUT2D eigenvalue weighted by molar-refractivity contribution is 5.63. The Morgan fingerprint density at radius 2 is 2.14 bits per heavy atom. The number of nitrogens with two attached hydrogens (primary N) is 2. The van der Waals surface area contributed by atoms with E-state index in [0.717, 1.165) is 18.4 Å². The normalized spacial score (nSPS) is 10.1. The second-order valence-corrected chi connectivity index (χ2v) is 3.28. The first-order valence-electron chi connectivity index (χ1n) is 4.80. The number of unbranched alkanes of at least 4 members (excludes halogenated alkanes) is 1. The molecule has 0 aliphatic heterocycles. The number of pyridine rings is 1. The van der Waals surface area contributed by atoms with Gasteiger partial charge in [0.25, 0.3) is 0 Å². The Morgan fingerprint density at radius 3 is 2.71 bits per heavy atom. The van der Waals surface area contributed by atoms with E-state index in [9.17, 15) is 0 Å². The smallest absolute Gasteiger partial charge is 0.215 e. The Morgan fingerprint density at radius 1 is 1.43 bits per heavy atom. The highest BCUT2D eigenvalue weighted by Gasteiger charge is 2.04. The van der Waals surface area contributed by atoms with Gasteiger partial charge in [-0.1, -0.05) is 13.3 Å². The van der Waals surface area contributed by atoms with Crippen LogP contribution in [0.4, 0.5) is 11.5 Å². The molecule has 0 amide bonds. The summed E-state index contributed by atoms with van der Waals surface area (Å²) in [4.78, 5) is 4.04. The molecule has 4 N–H and O–H groups in total. The topological polar surface area (TPSA) is 74.2 Å². The van der Waals surface area contributed by atoms with Gasteiger partial charge in [-0.05, 0) is 18.9 Å². The monoisotopic (exact) mass is 195 g/mol. The third kappa shape index (κ3) is 2.52. The molecule has 4 heteroatoms. The van der Waals surface area contributed by atoms with E-state index in [1.54, 1.807) is 6.07 Å². The molecule has 0 saturated heterocycles. The number of hydrogen-bond donors (Lipinski definition) is 2. The lowest BCUT2D eigenvalue weighted by Gasteiger charge is -2.08. The van der Waals surface area contributed by atoms with Crippen LogP contribution in [0.1, 0.15) is 25.3 Å². The molecule has 1 aromatic heterocycles. The predicted molar refractivity (Wildman–Crippen MR) is 58.2 cm³/mol. The average Bonchev–Trinajstić information content (AvgIpc) is 2.14. The van der Waals surface area contributed by atoms with Gasteiger partial charge in [0.1, 0.15) is 0 Å².